The lowest BCUT2D eigenvalue weighted by atomic mass is 10.2. The van der Waals surface area contributed by atoms with Crippen LogP contribution in [-0.2, 0) is 24.8 Å². The van der Waals surface area contributed by atoms with Crippen LogP contribution in [0, 0.1) is 5.82 Å². The molecule has 0 saturated heterocycles. The molecule has 2 aromatic heterocycles. The summed E-state index contributed by atoms with van der Waals surface area (Å²) in [5, 5.41) is 0. The van der Waals surface area contributed by atoms with Crippen molar-refractivity contribution in [3.05, 3.63) is 62.3 Å². The third-order valence-electron chi connectivity index (χ3n) is 4.84. The van der Waals surface area contributed by atoms with Crippen LogP contribution < -0.4 is 11.2 Å². The lowest BCUT2D eigenvalue weighted by Gasteiger charge is -2.24. The van der Waals surface area contributed by atoms with E-state index in [1.165, 1.54) is 23.7 Å². The fraction of sp³-hybridized carbons (Fsp3) is 0.400. The van der Waals surface area contributed by atoms with Crippen molar-refractivity contribution < 1.29 is 9.18 Å². The van der Waals surface area contributed by atoms with Crippen LogP contribution in [0.2, 0.25) is 0 Å². The van der Waals surface area contributed by atoms with Gasteiger partial charge in [-0.25, -0.2) is 14.2 Å². The van der Waals surface area contributed by atoms with Crippen LogP contribution in [0.15, 0.2) is 33.9 Å². The smallest absolute Gasteiger partial charge is 0.329 e. The van der Waals surface area contributed by atoms with Crippen LogP contribution in [0.1, 0.15) is 17.8 Å². The summed E-state index contributed by atoms with van der Waals surface area (Å²) in [6, 6.07) is 6.08. The van der Waals surface area contributed by atoms with Crippen LogP contribution in [0.25, 0.3) is 11.2 Å². The third-order valence-corrected chi connectivity index (χ3v) is 4.84. The predicted octanol–water partition coefficient (Wildman–Crippen LogP) is 0.612. The molecule has 10 heteroatoms. The zero-order valence-corrected chi connectivity index (χ0v) is 17.2. The number of imidazole rings is 1. The zero-order valence-electron chi connectivity index (χ0n) is 17.2. The van der Waals surface area contributed by atoms with Gasteiger partial charge in [0.25, 0.3) is 5.56 Å². The average Bonchev–Trinajstić information content (AvgIpc) is 3.14. The maximum Gasteiger partial charge on any atom is 0.329 e. The molecule has 30 heavy (non-hydrogen) atoms. The number of aromatic nitrogens is 4. The number of nitrogens with one attached hydrogen (secondary N) is 2. The van der Waals surface area contributed by atoms with Gasteiger partial charge in [-0.05, 0) is 31.8 Å². The number of hydrogen-bond acceptors (Lipinski definition) is 5. The molecular formula is C20H25FN6O3. The van der Waals surface area contributed by atoms with Gasteiger partial charge in [0.1, 0.15) is 17.2 Å². The standard InChI is InChI=1S/C20H25FN6O3/c1-25(2)10-11-27(12-13-4-6-14(21)7-5-13)16(28)9-8-15-22-17-18(23-15)26(3)20(30)24-19(17)29/h4-7H,8-12H2,1-3H3,(H,22,23)(H,24,29,30). The largest absolute Gasteiger partial charge is 0.337 e. The number of aryl methyl sites for hydroxylation is 2. The summed E-state index contributed by atoms with van der Waals surface area (Å²) in [4.78, 5) is 49.6. The van der Waals surface area contributed by atoms with Gasteiger partial charge in [-0.2, -0.15) is 0 Å². The maximum absolute atomic E-state index is 13.2. The second-order valence-electron chi connectivity index (χ2n) is 7.45. The molecule has 1 aromatic carbocycles. The highest BCUT2D eigenvalue weighted by Gasteiger charge is 2.17. The number of nitrogens with zero attached hydrogens (tertiary/aromatic N) is 4. The Hall–Kier alpha value is -3.27. The molecule has 0 aliphatic rings. The van der Waals surface area contributed by atoms with E-state index in [-0.39, 0.29) is 29.3 Å². The van der Waals surface area contributed by atoms with Crippen molar-refractivity contribution in [2.24, 2.45) is 7.05 Å². The molecule has 3 aromatic rings. The van der Waals surface area contributed by atoms with Gasteiger partial charge in [0.2, 0.25) is 5.91 Å². The molecule has 0 radical (unpaired) electrons. The average molecular weight is 416 g/mol. The molecule has 160 valence electrons. The molecule has 0 bridgehead atoms. The molecule has 0 fully saturated rings. The Balaban J connectivity index is 1.73. The van der Waals surface area contributed by atoms with Gasteiger partial charge in [0, 0.05) is 39.5 Å². The first-order valence-corrected chi connectivity index (χ1v) is 9.59. The Bertz CT molecular complexity index is 1150. The normalized spacial score (nSPS) is 11.4. The van der Waals surface area contributed by atoms with Gasteiger partial charge in [-0.3, -0.25) is 19.1 Å². The first kappa shape index (κ1) is 21.4. The molecule has 0 atom stereocenters. The highest BCUT2D eigenvalue weighted by atomic mass is 19.1. The quantitative estimate of drug-likeness (QED) is 0.560. The van der Waals surface area contributed by atoms with E-state index in [1.807, 2.05) is 19.0 Å². The first-order chi connectivity index (χ1) is 14.2. The minimum absolute atomic E-state index is 0.0792. The van der Waals surface area contributed by atoms with Crippen molar-refractivity contribution >= 4 is 17.1 Å². The molecule has 2 heterocycles. The fourth-order valence-corrected chi connectivity index (χ4v) is 3.08. The number of carbonyl (C=O) groups is 1. The molecule has 0 spiro atoms. The number of benzene rings is 1. The molecular weight excluding hydrogens is 391 g/mol. The summed E-state index contributed by atoms with van der Waals surface area (Å²) < 4.78 is 14.4. The number of likely N-dealkylation sites (N-methyl/N-ethyl adjacent to an activating group) is 1. The van der Waals surface area contributed by atoms with Crippen molar-refractivity contribution in [3.8, 4) is 0 Å². The van der Waals surface area contributed by atoms with E-state index in [0.717, 1.165) is 5.56 Å². The maximum atomic E-state index is 13.2. The Labute approximate surface area is 172 Å². The van der Waals surface area contributed by atoms with Crippen LogP contribution in [0.5, 0.6) is 0 Å². The Morgan fingerprint density at radius 1 is 1.13 bits per heavy atom. The van der Waals surface area contributed by atoms with Gasteiger partial charge < -0.3 is 14.8 Å². The lowest BCUT2D eigenvalue weighted by molar-refractivity contribution is -0.132. The van der Waals surface area contributed by atoms with Crippen molar-refractivity contribution in [3.63, 3.8) is 0 Å². The Morgan fingerprint density at radius 2 is 1.83 bits per heavy atom. The van der Waals surface area contributed by atoms with Crippen LogP contribution in [-0.4, -0.2) is 62.4 Å². The Kier molecular flexibility index (Phi) is 6.46. The number of fused-ring (bicyclic) bond motifs is 1. The molecule has 0 aliphatic carbocycles. The number of carbonyl (C=O) groups excluding carboxylic acids is 1. The minimum Gasteiger partial charge on any atom is -0.337 e. The SMILES string of the molecule is CN(C)CCN(Cc1ccc(F)cc1)C(=O)CCc1nc2c([nH]1)c(=O)[nH]c(=O)n2C. The summed E-state index contributed by atoms with van der Waals surface area (Å²) in [6.07, 6.45) is 0.476. The summed E-state index contributed by atoms with van der Waals surface area (Å²) >= 11 is 0. The highest BCUT2D eigenvalue weighted by Crippen LogP contribution is 2.11. The summed E-state index contributed by atoms with van der Waals surface area (Å²) in [6.45, 7) is 1.59. The number of amides is 1. The van der Waals surface area contributed by atoms with Gasteiger partial charge in [0.05, 0.1) is 0 Å². The van der Waals surface area contributed by atoms with E-state index in [1.54, 1.807) is 17.0 Å². The van der Waals surface area contributed by atoms with Gasteiger partial charge >= 0.3 is 5.69 Å². The second-order valence-corrected chi connectivity index (χ2v) is 7.45. The van der Waals surface area contributed by atoms with Crippen LogP contribution in [0.4, 0.5) is 4.39 Å². The molecule has 2 N–H and O–H groups in total. The molecule has 9 nitrogen and oxygen atoms in total. The van der Waals surface area contributed by atoms with Crippen molar-refractivity contribution in [2.45, 2.75) is 19.4 Å². The second kappa shape index (κ2) is 9.04. The number of halogens is 1. The van der Waals surface area contributed by atoms with E-state index >= 15 is 0 Å². The molecule has 0 aliphatic heterocycles. The third kappa shape index (κ3) is 5.01. The van der Waals surface area contributed by atoms with Crippen molar-refractivity contribution in [1.82, 2.24) is 29.3 Å². The Morgan fingerprint density at radius 3 is 2.50 bits per heavy atom. The van der Waals surface area contributed by atoms with E-state index in [9.17, 15) is 18.8 Å². The first-order valence-electron chi connectivity index (χ1n) is 9.59. The van der Waals surface area contributed by atoms with Crippen LogP contribution in [0.3, 0.4) is 0 Å². The lowest BCUT2D eigenvalue weighted by Crippen LogP contribution is -2.36. The fourth-order valence-electron chi connectivity index (χ4n) is 3.08. The van der Waals surface area contributed by atoms with E-state index in [0.29, 0.717) is 31.9 Å². The van der Waals surface area contributed by atoms with Crippen LogP contribution >= 0.6 is 0 Å². The van der Waals surface area contributed by atoms with E-state index in [4.69, 9.17) is 0 Å². The number of aromatic amines is 2. The van der Waals surface area contributed by atoms with Gasteiger partial charge in [-0.1, -0.05) is 12.1 Å². The van der Waals surface area contributed by atoms with E-state index < -0.39 is 11.2 Å². The van der Waals surface area contributed by atoms with E-state index in [2.05, 4.69) is 15.0 Å². The predicted molar refractivity (Wildman–Crippen MR) is 111 cm³/mol. The number of H-pyrrole nitrogens is 2. The minimum atomic E-state index is -0.546. The summed E-state index contributed by atoms with van der Waals surface area (Å²) in [5.41, 5.74) is 0.212. The van der Waals surface area contributed by atoms with Gasteiger partial charge in [0.15, 0.2) is 5.65 Å². The molecule has 3 rings (SSSR count). The monoisotopic (exact) mass is 416 g/mol. The summed E-state index contributed by atoms with van der Waals surface area (Å²) in [7, 11) is 5.37. The molecule has 1 amide bonds. The number of hydrogen-bond donors (Lipinski definition) is 2. The van der Waals surface area contributed by atoms with Crippen molar-refractivity contribution in [2.75, 3.05) is 27.2 Å². The zero-order chi connectivity index (χ0) is 21.8. The molecule has 0 saturated carbocycles. The highest BCUT2D eigenvalue weighted by molar-refractivity contribution is 5.76. The molecule has 0 unspecified atom stereocenters. The summed E-state index contributed by atoms with van der Waals surface area (Å²) in [5.74, 6) is 0.0583. The van der Waals surface area contributed by atoms with Crippen molar-refractivity contribution in [1.29, 1.82) is 0 Å². The topological polar surface area (TPSA) is 107 Å². The number of rotatable bonds is 8. The van der Waals surface area contributed by atoms with Gasteiger partial charge in [-0.15, -0.1) is 0 Å².